The first-order valence-electron chi connectivity index (χ1n) is 8.59. The third kappa shape index (κ3) is 2.08. The lowest BCUT2D eigenvalue weighted by Gasteiger charge is -2.40. The summed E-state index contributed by atoms with van der Waals surface area (Å²) in [6.07, 6.45) is -0.960. The minimum absolute atomic E-state index is 0.0396. The molecular weight excluding hydrogens is 356 g/mol. The van der Waals surface area contributed by atoms with Crippen LogP contribution in [0.25, 0.3) is 0 Å². The first-order valence-corrected chi connectivity index (χ1v) is 8.59. The number of hydrogen-bond acceptors (Lipinski definition) is 9. The number of methoxy groups -OCH3 is 2. The Morgan fingerprint density at radius 1 is 1.30 bits per heavy atom. The summed E-state index contributed by atoms with van der Waals surface area (Å²) < 4.78 is 16.0. The van der Waals surface area contributed by atoms with E-state index in [4.69, 9.17) is 25.7 Å². The molecule has 0 saturated carbocycles. The fraction of sp³-hybridized carbons (Fsp3) is 0.588. The van der Waals surface area contributed by atoms with Crippen LogP contribution in [0, 0.1) is 5.92 Å². The molecule has 27 heavy (non-hydrogen) atoms. The van der Waals surface area contributed by atoms with E-state index >= 15 is 0 Å². The van der Waals surface area contributed by atoms with Crippen molar-refractivity contribution in [1.82, 2.24) is 9.80 Å². The molecule has 1 amide bonds. The number of amides is 1. The largest absolute Gasteiger partial charge is 0.449 e. The van der Waals surface area contributed by atoms with Gasteiger partial charge in [-0.1, -0.05) is 0 Å². The molecule has 2 saturated heterocycles. The van der Waals surface area contributed by atoms with Crippen molar-refractivity contribution in [2.45, 2.75) is 17.8 Å². The lowest BCUT2D eigenvalue weighted by molar-refractivity contribution is -0.144. The Morgan fingerprint density at radius 2 is 2.00 bits per heavy atom. The Morgan fingerprint density at radius 3 is 2.59 bits per heavy atom. The van der Waals surface area contributed by atoms with Gasteiger partial charge in [0.1, 0.15) is 6.61 Å². The number of Topliss-reactive ketones (excluding diaryl/α,β-unsaturated/α-hetero) is 2. The maximum atomic E-state index is 13.2. The van der Waals surface area contributed by atoms with Crippen LogP contribution in [0.15, 0.2) is 22.5 Å². The predicted molar refractivity (Wildman–Crippen MR) is 90.9 cm³/mol. The number of carbonyl (C=O) groups is 3. The average molecular weight is 378 g/mol. The maximum Gasteiger partial charge on any atom is 0.404 e. The summed E-state index contributed by atoms with van der Waals surface area (Å²) in [4.78, 5) is 41.4. The van der Waals surface area contributed by atoms with Crippen LogP contribution in [0.5, 0.6) is 0 Å². The zero-order chi connectivity index (χ0) is 19.7. The molecule has 4 rings (SSSR count). The molecule has 4 N–H and O–H groups in total. The number of piperazine rings is 1. The van der Waals surface area contributed by atoms with Gasteiger partial charge in [-0.25, -0.2) is 4.79 Å². The van der Waals surface area contributed by atoms with Gasteiger partial charge in [-0.05, 0) is 7.05 Å². The van der Waals surface area contributed by atoms with Crippen molar-refractivity contribution in [3.8, 4) is 0 Å². The third-order valence-electron chi connectivity index (χ3n) is 6.14. The number of rotatable bonds is 5. The van der Waals surface area contributed by atoms with Gasteiger partial charge in [0.15, 0.2) is 5.72 Å². The lowest BCUT2D eigenvalue weighted by atomic mass is 9.82. The first-order chi connectivity index (χ1) is 12.8. The van der Waals surface area contributed by atoms with Gasteiger partial charge >= 0.3 is 6.09 Å². The van der Waals surface area contributed by atoms with Crippen LogP contribution < -0.4 is 11.5 Å². The van der Waals surface area contributed by atoms with Gasteiger partial charge in [-0.2, -0.15) is 0 Å². The highest BCUT2D eigenvalue weighted by molar-refractivity contribution is 6.25. The van der Waals surface area contributed by atoms with Crippen molar-refractivity contribution in [3.63, 3.8) is 0 Å². The molecule has 2 fully saturated rings. The quantitative estimate of drug-likeness (QED) is 0.424. The zero-order valence-corrected chi connectivity index (χ0v) is 15.4. The van der Waals surface area contributed by atoms with E-state index in [1.54, 1.807) is 0 Å². The second kappa shape index (κ2) is 5.78. The maximum absolute atomic E-state index is 13.2. The molecule has 0 spiro atoms. The van der Waals surface area contributed by atoms with Crippen molar-refractivity contribution in [2.75, 3.05) is 41.0 Å². The van der Waals surface area contributed by atoms with Crippen LogP contribution in [0.1, 0.15) is 0 Å². The van der Waals surface area contributed by atoms with E-state index in [1.807, 2.05) is 11.9 Å². The molecule has 0 aromatic heterocycles. The van der Waals surface area contributed by atoms with Crippen LogP contribution in [-0.2, 0) is 23.8 Å². The monoisotopic (exact) mass is 378 g/mol. The summed E-state index contributed by atoms with van der Waals surface area (Å²) in [5.41, 5.74) is 10.6. The fourth-order valence-electron chi connectivity index (χ4n) is 4.95. The highest BCUT2D eigenvalue weighted by Crippen LogP contribution is 2.59. The molecule has 10 nitrogen and oxygen atoms in total. The Hall–Kier alpha value is -2.43. The predicted octanol–water partition coefficient (Wildman–Crippen LogP) is -1.68. The van der Waals surface area contributed by atoms with E-state index in [0.717, 1.165) is 0 Å². The van der Waals surface area contributed by atoms with Gasteiger partial charge in [0, 0.05) is 32.4 Å². The van der Waals surface area contributed by atoms with Gasteiger partial charge in [0.25, 0.3) is 0 Å². The lowest BCUT2D eigenvalue weighted by Crippen LogP contribution is -2.55. The molecule has 4 aliphatic rings. The van der Waals surface area contributed by atoms with E-state index in [0.29, 0.717) is 6.54 Å². The number of hydrogen-bond donors (Lipinski definition) is 2. The van der Waals surface area contributed by atoms with E-state index in [1.165, 1.54) is 14.2 Å². The van der Waals surface area contributed by atoms with E-state index in [9.17, 15) is 14.4 Å². The van der Waals surface area contributed by atoms with Crippen LogP contribution in [-0.4, -0.2) is 86.3 Å². The van der Waals surface area contributed by atoms with Gasteiger partial charge in [-0.3, -0.25) is 14.5 Å². The summed E-state index contributed by atoms with van der Waals surface area (Å²) in [5, 5.41) is 0. The number of nitrogens with zero attached hydrogens (tertiary/aromatic N) is 2. The minimum atomic E-state index is -0.992. The Balaban J connectivity index is 1.83. The molecule has 0 radical (unpaired) electrons. The summed E-state index contributed by atoms with van der Waals surface area (Å²) in [5.74, 6) is -1.49. The number of ether oxygens (including phenoxy) is 3. The Bertz CT molecular complexity index is 820. The van der Waals surface area contributed by atoms with Crippen molar-refractivity contribution >= 4 is 17.7 Å². The molecule has 0 aromatic rings. The molecule has 3 unspecified atom stereocenters. The second-order valence-corrected chi connectivity index (χ2v) is 7.17. The smallest absolute Gasteiger partial charge is 0.404 e. The Kier molecular flexibility index (Phi) is 3.85. The van der Waals surface area contributed by atoms with E-state index in [2.05, 4.69) is 4.90 Å². The van der Waals surface area contributed by atoms with E-state index < -0.39 is 23.5 Å². The second-order valence-electron chi connectivity index (χ2n) is 7.17. The minimum Gasteiger partial charge on any atom is -0.449 e. The van der Waals surface area contributed by atoms with Crippen molar-refractivity contribution in [1.29, 1.82) is 0 Å². The molecule has 3 heterocycles. The number of carbonyl (C=O) groups excluding carboxylic acids is 3. The Labute approximate surface area is 155 Å². The standard InChI is InChI=1S/C17H22N4O6/c1-20-9-4-21-12-10(14(23)11(18)7(5-25-2)13(12)22)8(6-27-16(19)24)17(21,26-3)15(9)20/h8-9,15H,4-6,18H2,1-3H3,(H2,19,24)/t8-,9?,15?,17-,20?/m1/s1. The van der Waals surface area contributed by atoms with Crippen LogP contribution >= 0.6 is 0 Å². The normalized spacial score (nSPS) is 36.8. The number of nitrogens with two attached hydrogens (primary N) is 2. The fourth-order valence-corrected chi connectivity index (χ4v) is 4.95. The number of allylic oxidation sites excluding steroid dienone is 2. The number of likely N-dealkylation sites (N-methyl/N-ethyl adjacent to an activating group) is 1. The van der Waals surface area contributed by atoms with E-state index in [-0.39, 0.29) is 53.6 Å². The topological polar surface area (TPSA) is 137 Å². The van der Waals surface area contributed by atoms with Gasteiger partial charge in [0.2, 0.25) is 11.6 Å². The van der Waals surface area contributed by atoms with Gasteiger partial charge in [-0.15, -0.1) is 0 Å². The highest BCUT2D eigenvalue weighted by atomic mass is 16.6. The molecule has 5 atom stereocenters. The SMILES string of the molecule is COCC1=C(N)C(=O)C2=C(C1=O)N1CC3C(N3C)[C@]1(OC)[C@@H]2COC(N)=O. The number of ketones is 2. The first kappa shape index (κ1) is 18.0. The zero-order valence-electron chi connectivity index (χ0n) is 15.4. The highest BCUT2D eigenvalue weighted by Gasteiger charge is 2.75. The van der Waals surface area contributed by atoms with Crippen LogP contribution in [0.4, 0.5) is 4.79 Å². The molecule has 146 valence electrons. The molecule has 0 bridgehead atoms. The van der Waals surface area contributed by atoms with Crippen LogP contribution in [0.3, 0.4) is 0 Å². The van der Waals surface area contributed by atoms with Crippen molar-refractivity contribution in [3.05, 3.63) is 22.5 Å². The average Bonchev–Trinajstić information content (AvgIpc) is 3.02. The number of primary amides is 1. The molecule has 10 heteroatoms. The molecule has 3 aliphatic heterocycles. The summed E-state index contributed by atoms with van der Waals surface area (Å²) in [6, 6.07) is 0.148. The number of fused-ring (bicyclic) bond motifs is 4. The summed E-state index contributed by atoms with van der Waals surface area (Å²) in [7, 11) is 4.90. The van der Waals surface area contributed by atoms with Gasteiger partial charge in [0.05, 0.1) is 35.5 Å². The van der Waals surface area contributed by atoms with Crippen molar-refractivity contribution in [2.24, 2.45) is 17.4 Å². The van der Waals surface area contributed by atoms with Crippen LogP contribution in [0.2, 0.25) is 0 Å². The third-order valence-corrected chi connectivity index (χ3v) is 6.14. The molecular formula is C17H22N4O6. The summed E-state index contributed by atoms with van der Waals surface area (Å²) >= 11 is 0. The summed E-state index contributed by atoms with van der Waals surface area (Å²) in [6.45, 7) is 0.289. The molecule has 0 aromatic carbocycles. The molecule has 1 aliphatic carbocycles. The van der Waals surface area contributed by atoms with Gasteiger partial charge < -0.3 is 30.6 Å². The van der Waals surface area contributed by atoms with Crippen molar-refractivity contribution < 1.29 is 28.6 Å².